The molecular weight excluding hydrogens is 402 g/mol. The Hall–Kier alpha value is -3.17. The fourth-order valence-corrected chi connectivity index (χ4v) is 4.72. The molecule has 166 valence electrons. The van der Waals surface area contributed by atoms with Crippen LogP contribution in [-0.4, -0.2) is 30.4 Å². The number of hydrogen-bond acceptors (Lipinski definition) is 6. The van der Waals surface area contributed by atoms with Crippen molar-refractivity contribution in [3.8, 4) is 5.88 Å². The van der Waals surface area contributed by atoms with Crippen LogP contribution in [0.4, 0.5) is 5.69 Å². The van der Waals surface area contributed by atoms with E-state index in [4.69, 9.17) is 0 Å². The molecule has 0 radical (unpaired) electrons. The second kappa shape index (κ2) is 8.91. The van der Waals surface area contributed by atoms with Crippen LogP contribution in [0.15, 0.2) is 30.4 Å². The monoisotopic (exact) mass is 429 g/mol. The van der Waals surface area contributed by atoms with Crippen LogP contribution in [0.5, 0.6) is 5.88 Å². The third-order valence-corrected chi connectivity index (χ3v) is 6.34. The molecule has 0 aliphatic heterocycles. The van der Waals surface area contributed by atoms with Gasteiger partial charge in [0.15, 0.2) is 0 Å². The number of rotatable bonds is 4. The maximum Gasteiger partial charge on any atom is 0.334 e. The smallest absolute Gasteiger partial charge is 0.334 e. The normalized spacial score (nSPS) is 18.6. The summed E-state index contributed by atoms with van der Waals surface area (Å²) in [5.74, 6) is -0.418. The van der Waals surface area contributed by atoms with E-state index >= 15 is 0 Å². The minimum Gasteiger partial charge on any atom is -0.494 e. The third kappa shape index (κ3) is 4.19. The first kappa shape index (κ1) is 21.1. The van der Waals surface area contributed by atoms with E-state index < -0.39 is 28.4 Å². The number of H-pyrrole nitrogens is 2. The highest BCUT2D eigenvalue weighted by Crippen LogP contribution is 2.31. The lowest BCUT2D eigenvalue weighted by molar-refractivity contribution is 0.271. The molecule has 0 bridgehead atoms. The van der Waals surface area contributed by atoms with E-state index in [0.717, 1.165) is 76.6 Å². The molecule has 3 N–H and O–H groups in total. The fourth-order valence-electron chi connectivity index (χ4n) is 4.72. The lowest BCUT2D eigenvalue weighted by Crippen LogP contribution is -2.45. The van der Waals surface area contributed by atoms with Gasteiger partial charge in [-0.3, -0.25) is 23.7 Å². The molecule has 2 aromatic heterocycles. The van der Waals surface area contributed by atoms with Crippen LogP contribution in [0, 0.1) is 0 Å². The van der Waals surface area contributed by atoms with Gasteiger partial charge in [0.1, 0.15) is 11.3 Å². The molecule has 31 heavy (non-hydrogen) atoms. The Balaban J connectivity index is 1.87. The zero-order valence-corrected chi connectivity index (χ0v) is 17.3. The van der Waals surface area contributed by atoms with Crippen molar-refractivity contribution in [1.29, 1.82) is 0 Å². The van der Waals surface area contributed by atoms with Crippen LogP contribution in [0.25, 0.3) is 0 Å². The molecule has 0 spiro atoms. The molecule has 0 saturated heterocycles. The number of nitrogens with one attached hydrogen (secondary N) is 2. The minimum absolute atomic E-state index is 0.113. The molecule has 10 nitrogen and oxygen atoms in total. The summed E-state index contributed by atoms with van der Waals surface area (Å²) in [4.78, 5) is 58.1. The first-order chi connectivity index (χ1) is 15.0. The first-order valence-corrected chi connectivity index (χ1v) is 10.9. The maximum absolute atomic E-state index is 13.4. The maximum atomic E-state index is 13.4. The largest absolute Gasteiger partial charge is 0.494 e. The highest BCUT2D eigenvalue weighted by molar-refractivity contribution is 5.83. The van der Waals surface area contributed by atoms with Crippen molar-refractivity contribution < 1.29 is 5.11 Å². The molecule has 2 aliphatic carbocycles. The molecular formula is C21H27N5O5. The molecule has 0 amide bonds. The van der Waals surface area contributed by atoms with E-state index in [1.807, 2.05) is 0 Å². The second-order valence-electron chi connectivity index (χ2n) is 8.36. The van der Waals surface area contributed by atoms with Crippen LogP contribution >= 0.6 is 0 Å². The van der Waals surface area contributed by atoms with Crippen molar-refractivity contribution in [2.45, 2.75) is 76.3 Å². The summed E-state index contributed by atoms with van der Waals surface area (Å²) in [6, 6.07) is -0.395. The highest BCUT2D eigenvalue weighted by Gasteiger charge is 2.28. The van der Waals surface area contributed by atoms with Crippen molar-refractivity contribution in [3.05, 3.63) is 53.4 Å². The van der Waals surface area contributed by atoms with Gasteiger partial charge in [-0.05, 0) is 25.7 Å². The average molecular weight is 429 g/mol. The lowest BCUT2D eigenvalue weighted by atomic mass is 9.94. The third-order valence-electron chi connectivity index (χ3n) is 6.34. The molecule has 10 heteroatoms. The zero-order valence-electron chi connectivity index (χ0n) is 17.3. The Morgan fingerprint density at radius 3 is 2.06 bits per heavy atom. The van der Waals surface area contributed by atoms with Crippen molar-refractivity contribution in [2.75, 3.05) is 0 Å². The van der Waals surface area contributed by atoms with E-state index in [2.05, 4.69) is 15.0 Å². The number of aromatic amines is 2. The van der Waals surface area contributed by atoms with Crippen LogP contribution in [-0.2, 0) is 0 Å². The topological polar surface area (TPSA) is 142 Å². The molecule has 0 atom stereocenters. The molecule has 2 heterocycles. The summed E-state index contributed by atoms with van der Waals surface area (Å²) in [5.41, 5.74) is -2.70. The van der Waals surface area contributed by atoms with E-state index in [0.29, 0.717) is 0 Å². The van der Waals surface area contributed by atoms with E-state index in [-0.39, 0.29) is 23.3 Å². The van der Waals surface area contributed by atoms with Gasteiger partial charge in [-0.2, -0.15) is 0 Å². The first-order valence-electron chi connectivity index (χ1n) is 10.9. The van der Waals surface area contributed by atoms with E-state index in [1.165, 1.54) is 9.13 Å². The van der Waals surface area contributed by atoms with Gasteiger partial charge in [-0.1, -0.05) is 38.5 Å². The van der Waals surface area contributed by atoms with Gasteiger partial charge >= 0.3 is 11.4 Å². The molecule has 2 aliphatic rings. The van der Waals surface area contributed by atoms with Crippen molar-refractivity contribution in [1.82, 2.24) is 19.1 Å². The molecule has 2 saturated carbocycles. The van der Waals surface area contributed by atoms with Crippen LogP contribution in [0.1, 0.15) is 81.9 Å². The van der Waals surface area contributed by atoms with Crippen molar-refractivity contribution in [2.24, 2.45) is 4.99 Å². The molecule has 0 aromatic carbocycles. The quantitative estimate of drug-likeness (QED) is 0.636. The summed E-state index contributed by atoms with van der Waals surface area (Å²) in [6.07, 6.45) is 11.2. The Kier molecular flexibility index (Phi) is 6.06. The number of hydrogen-bond donors (Lipinski definition) is 3. The highest BCUT2D eigenvalue weighted by atomic mass is 16.3. The second-order valence-corrected chi connectivity index (χ2v) is 8.36. The Morgan fingerprint density at radius 1 is 0.903 bits per heavy atom. The van der Waals surface area contributed by atoms with Crippen LogP contribution < -0.4 is 22.5 Å². The predicted octanol–water partition coefficient (Wildman–Crippen LogP) is 1.85. The van der Waals surface area contributed by atoms with Gasteiger partial charge < -0.3 is 10.1 Å². The number of nitrogens with zero attached hydrogens (tertiary/aromatic N) is 3. The van der Waals surface area contributed by atoms with Crippen LogP contribution in [0.2, 0.25) is 0 Å². The minimum atomic E-state index is -0.715. The summed E-state index contributed by atoms with van der Waals surface area (Å²) < 4.78 is 2.61. The summed E-state index contributed by atoms with van der Waals surface area (Å²) in [7, 11) is 0. The van der Waals surface area contributed by atoms with Gasteiger partial charge in [0.2, 0.25) is 5.88 Å². The number of aromatic hydroxyl groups is 1. The summed E-state index contributed by atoms with van der Waals surface area (Å²) in [6.45, 7) is 0. The standard InChI is InChI=1S/C21H27N5O5/c27-17-16(12-23-20(30)24-17)22-11-15-18(28)25(13-7-3-1-4-8-13)21(31)26(19(15)29)14-9-5-2-6-10-14/h11-14,28H,1-10H2,(H2,23,24,27,30). The van der Waals surface area contributed by atoms with Gasteiger partial charge in [0, 0.05) is 24.5 Å². The van der Waals surface area contributed by atoms with Gasteiger partial charge in [-0.15, -0.1) is 0 Å². The summed E-state index contributed by atoms with van der Waals surface area (Å²) in [5, 5.41) is 10.9. The van der Waals surface area contributed by atoms with Gasteiger partial charge in [0.05, 0.1) is 0 Å². The van der Waals surface area contributed by atoms with E-state index in [9.17, 15) is 24.3 Å². The Bertz CT molecular complexity index is 1210. The Labute approximate surface area is 177 Å². The Morgan fingerprint density at radius 2 is 1.48 bits per heavy atom. The summed E-state index contributed by atoms with van der Waals surface area (Å²) >= 11 is 0. The number of aromatic nitrogens is 4. The predicted molar refractivity (Wildman–Crippen MR) is 116 cm³/mol. The SMILES string of the molecule is O=c1[nH]cc(N=Cc2c(O)n(C3CCCCC3)c(=O)n(C3CCCCC3)c2=O)c(=O)[nH]1. The lowest BCUT2D eigenvalue weighted by Gasteiger charge is -2.29. The van der Waals surface area contributed by atoms with Crippen molar-refractivity contribution in [3.63, 3.8) is 0 Å². The molecule has 2 aromatic rings. The van der Waals surface area contributed by atoms with Crippen molar-refractivity contribution >= 4 is 11.9 Å². The average Bonchev–Trinajstić information content (AvgIpc) is 2.76. The van der Waals surface area contributed by atoms with Crippen LogP contribution in [0.3, 0.4) is 0 Å². The molecule has 4 rings (SSSR count). The van der Waals surface area contributed by atoms with E-state index in [1.54, 1.807) is 0 Å². The number of aliphatic imine (C=N–C) groups is 1. The van der Waals surface area contributed by atoms with Gasteiger partial charge in [-0.25, -0.2) is 14.6 Å². The van der Waals surface area contributed by atoms with Gasteiger partial charge in [0.25, 0.3) is 11.1 Å². The molecule has 2 fully saturated rings. The fraction of sp³-hybridized carbons (Fsp3) is 0.571. The zero-order chi connectivity index (χ0) is 22.0. The molecule has 0 unspecified atom stereocenters.